The molecule has 0 aliphatic carbocycles. The van der Waals surface area contributed by atoms with Gasteiger partial charge in [-0.1, -0.05) is 23.2 Å². The van der Waals surface area contributed by atoms with Gasteiger partial charge in [0.05, 0.1) is 21.8 Å². The van der Waals surface area contributed by atoms with Crippen molar-refractivity contribution in [2.75, 3.05) is 6.54 Å². The Morgan fingerprint density at radius 3 is 2.28 bits per heavy atom. The number of hydrogen-bond donors (Lipinski definition) is 3. The first kappa shape index (κ1) is 23.9. The smallest absolute Gasteiger partial charge is 0.342 e. The SMILES string of the molecule is O=C1NCC(C(=O)N[C@@H](c2cnc(C(F)(F)F)c(Cl)c2)c2ccc(Cl)c(C(F)(F)F)n2)N1. The van der Waals surface area contributed by atoms with Crippen LogP contribution in [0.3, 0.4) is 0 Å². The van der Waals surface area contributed by atoms with Gasteiger partial charge in [0.1, 0.15) is 6.04 Å². The lowest BCUT2D eigenvalue weighted by atomic mass is 10.0. The topological polar surface area (TPSA) is 96.0 Å². The Morgan fingerprint density at radius 1 is 1.09 bits per heavy atom. The van der Waals surface area contributed by atoms with E-state index in [2.05, 4.69) is 25.9 Å². The maximum Gasteiger partial charge on any atom is 0.434 e. The largest absolute Gasteiger partial charge is 0.434 e. The van der Waals surface area contributed by atoms with Crippen LogP contribution in [-0.4, -0.2) is 34.5 Å². The van der Waals surface area contributed by atoms with Crippen molar-refractivity contribution >= 4 is 35.1 Å². The molecular weight excluding hydrogens is 491 g/mol. The number of urea groups is 1. The molecule has 3 amide bonds. The van der Waals surface area contributed by atoms with Crippen molar-refractivity contribution in [3.63, 3.8) is 0 Å². The van der Waals surface area contributed by atoms with E-state index in [-0.39, 0.29) is 12.1 Å². The van der Waals surface area contributed by atoms with Crippen molar-refractivity contribution in [2.45, 2.75) is 24.4 Å². The summed E-state index contributed by atoms with van der Waals surface area (Å²) in [7, 11) is 0. The summed E-state index contributed by atoms with van der Waals surface area (Å²) in [6.45, 7) is -0.120. The summed E-state index contributed by atoms with van der Waals surface area (Å²) in [4.78, 5) is 30.5. The summed E-state index contributed by atoms with van der Waals surface area (Å²) in [5.74, 6) is -0.838. The maximum absolute atomic E-state index is 13.2. The number of alkyl halides is 6. The number of carbonyl (C=O) groups excluding carboxylic acids is 2. The van der Waals surface area contributed by atoms with Gasteiger partial charge in [-0.05, 0) is 18.2 Å². The van der Waals surface area contributed by atoms with Gasteiger partial charge < -0.3 is 16.0 Å². The van der Waals surface area contributed by atoms with E-state index in [0.717, 1.165) is 18.2 Å². The van der Waals surface area contributed by atoms with Crippen LogP contribution in [0.1, 0.15) is 28.7 Å². The van der Waals surface area contributed by atoms with Gasteiger partial charge in [-0.25, -0.2) is 14.8 Å². The number of nitrogens with one attached hydrogen (secondary N) is 3. The number of pyridine rings is 2. The molecule has 1 fully saturated rings. The quantitative estimate of drug-likeness (QED) is 0.556. The van der Waals surface area contributed by atoms with Crippen molar-refractivity contribution < 1.29 is 35.9 Å². The van der Waals surface area contributed by atoms with E-state index in [0.29, 0.717) is 6.20 Å². The molecule has 0 radical (unpaired) electrons. The molecule has 1 saturated heterocycles. The third-order valence-corrected chi connectivity index (χ3v) is 4.86. The molecule has 172 valence electrons. The molecular formula is C17H11Cl2F6N5O2. The zero-order chi connectivity index (χ0) is 23.8. The van der Waals surface area contributed by atoms with Crippen molar-refractivity contribution in [3.05, 3.63) is 57.1 Å². The average Bonchev–Trinajstić information content (AvgIpc) is 3.11. The van der Waals surface area contributed by atoms with Gasteiger partial charge in [-0.15, -0.1) is 0 Å². The highest BCUT2D eigenvalue weighted by Crippen LogP contribution is 2.37. The molecule has 1 aliphatic heterocycles. The molecule has 0 bridgehead atoms. The van der Waals surface area contributed by atoms with Crippen LogP contribution in [0.2, 0.25) is 10.0 Å². The van der Waals surface area contributed by atoms with Gasteiger partial charge in [0.15, 0.2) is 11.4 Å². The first-order valence-electron chi connectivity index (χ1n) is 8.58. The number of amides is 3. The number of hydrogen-bond acceptors (Lipinski definition) is 4. The highest BCUT2D eigenvalue weighted by atomic mass is 35.5. The van der Waals surface area contributed by atoms with E-state index in [1.54, 1.807) is 0 Å². The van der Waals surface area contributed by atoms with Crippen LogP contribution in [0.4, 0.5) is 31.1 Å². The average molecular weight is 502 g/mol. The number of carbonyl (C=O) groups is 2. The second kappa shape index (κ2) is 8.62. The van der Waals surface area contributed by atoms with Crippen LogP contribution < -0.4 is 16.0 Å². The molecule has 2 atom stereocenters. The summed E-state index contributed by atoms with van der Waals surface area (Å²) < 4.78 is 78.6. The molecule has 1 aliphatic rings. The Kier molecular flexibility index (Phi) is 6.43. The van der Waals surface area contributed by atoms with Crippen molar-refractivity contribution in [1.82, 2.24) is 25.9 Å². The van der Waals surface area contributed by atoms with Gasteiger partial charge in [0.2, 0.25) is 5.91 Å². The number of aromatic nitrogens is 2. The molecule has 0 saturated carbocycles. The molecule has 0 aromatic carbocycles. The first-order chi connectivity index (χ1) is 14.8. The molecule has 32 heavy (non-hydrogen) atoms. The van der Waals surface area contributed by atoms with Gasteiger partial charge in [0, 0.05) is 18.3 Å². The fraction of sp³-hybridized carbons (Fsp3) is 0.294. The van der Waals surface area contributed by atoms with Crippen LogP contribution >= 0.6 is 23.2 Å². The van der Waals surface area contributed by atoms with E-state index in [1.165, 1.54) is 0 Å². The van der Waals surface area contributed by atoms with Crippen LogP contribution in [0.5, 0.6) is 0 Å². The van der Waals surface area contributed by atoms with Crippen LogP contribution in [0, 0.1) is 0 Å². The Hall–Kier alpha value is -2.80. The number of rotatable bonds is 4. The van der Waals surface area contributed by atoms with Crippen molar-refractivity contribution in [1.29, 1.82) is 0 Å². The Morgan fingerprint density at radius 2 is 1.75 bits per heavy atom. The molecule has 1 unspecified atom stereocenters. The highest BCUT2D eigenvalue weighted by Gasteiger charge is 2.38. The molecule has 0 spiro atoms. The summed E-state index contributed by atoms with van der Waals surface area (Å²) in [5, 5.41) is 5.39. The van der Waals surface area contributed by atoms with E-state index < -0.39 is 63.5 Å². The minimum Gasteiger partial charge on any atom is -0.342 e. The van der Waals surface area contributed by atoms with Gasteiger partial charge in [0.25, 0.3) is 0 Å². The maximum atomic E-state index is 13.2. The lowest BCUT2D eigenvalue weighted by Gasteiger charge is -2.22. The second-order valence-corrected chi connectivity index (χ2v) is 7.32. The van der Waals surface area contributed by atoms with Gasteiger partial charge in [-0.3, -0.25) is 4.79 Å². The van der Waals surface area contributed by atoms with E-state index in [1.807, 2.05) is 0 Å². The van der Waals surface area contributed by atoms with Crippen molar-refractivity contribution in [3.8, 4) is 0 Å². The Bertz CT molecular complexity index is 1060. The summed E-state index contributed by atoms with van der Waals surface area (Å²) in [6.07, 6.45) is -9.12. The second-order valence-electron chi connectivity index (χ2n) is 6.51. The minimum atomic E-state index is -4.94. The molecule has 3 heterocycles. The fourth-order valence-corrected chi connectivity index (χ4v) is 3.31. The van der Waals surface area contributed by atoms with E-state index >= 15 is 0 Å². The third-order valence-electron chi connectivity index (χ3n) is 4.27. The van der Waals surface area contributed by atoms with Gasteiger partial charge >= 0.3 is 18.4 Å². The number of halogens is 8. The first-order valence-corrected chi connectivity index (χ1v) is 9.34. The lowest BCUT2D eigenvalue weighted by Crippen LogP contribution is -2.44. The van der Waals surface area contributed by atoms with Gasteiger partial charge in [-0.2, -0.15) is 26.3 Å². The van der Waals surface area contributed by atoms with Crippen molar-refractivity contribution in [2.24, 2.45) is 0 Å². The third kappa shape index (κ3) is 5.15. The van der Waals surface area contributed by atoms with E-state index in [9.17, 15) is 35.9 Å². The minimum absolute atomic E-state index is 0.120. The lowest BCUT2D eigenvalue weighted by molar-refractivity contribution is -0.142. The molecule has 3 N–H and O–H groups in total. The van der Waals surface area contributed by atoms with Crippen LogP contribution in [0.15, 0.2) is 24.4 Å². The predicted octanol–water partition coefficient (Wildman–Crippen LogP) is 3.71. The Balaban J connectivity index is 2.05. The summed E-state index contributed by atoms with van der Waals surface area (Å²) >= 11 is 11.2. The molecule has 2 aromatic rings. The molecule has 2 aromatic heterocycles. The highest BCUT2D eigenvalue weighted by molar-refractivity contribution is 6.31. The summed E-state index contributed by atoms with van der Waals surface area (Å²) in [6, 6.07) is -0.492. The van der Waals surface area contributed by atoms with E-state index in [4.69, 9.17) is 23.2 Å². The molecule has 3 rings (SSSR count). The monoisotopic (exact) mass is 501 g/mol. The normalized spacial score (nSPS) is 17.5. The Labute approximate surface area is 185 Å². The summed E-state index contributed by atoms with van der Waals surface area (Å²) in [5.41, 5.74) is -3.46. The predicted molar refractivity (Wildman–Crippen MR) is 98.8 cm³/mol. The molecule has 7 nitrogen and oxygen atoms in total. The zero-order valence-corrected chi connectivity index (χ0v) is 16.9. The fourth-order valence-electron chi connectivity index (χ4n) is 2.82. The zero-order valence-electron chi connectivity index (χ0n) is 15.4. The van der Waals surface area contributed by atoms with Crippen LogP contribution in [-0.2, 0) is 17.1 Å². The van der Waals surface area contributed by atoms with Crippen LogP contribution in [0.25, 0.3) is 0 Å². The molecule has 15 heteroatoms. The number of nitrogens with zero attached hydrogens (tertiary/aromatic N) is 2. The standard InChI is InChI=1S/C17H11Cl2F6N5O2/c18-7-1-2-9(28-13(7)17(23,24)25)11(30-14(31)10-5-27-15(32)29-10)6-3-8(19)12(26-4-6)16(20,21)22/h1-4,10-11H,5H2,(H,30,31)(H2,27,29,32)/t10?,11-/m0/s1.